The van der Waals surface area contributed by atoms with Crippen molar-refractivity contribution in [3.63, 3.8) is 0 Å². The predicted octanol–water partition coefficient (Wildman–Crippen LogP) is 4.35. The lowest BCUT2D eigenvalue weighted by molar-refractivity contribution is 0.837. The van der Waals surface area contributed by atoms with Gasteiger partial charge in [0.25, 0.3) is 5.56 Å². The van der Waals surface area contributed by atoms with Gasteiger partial charge < -0.3 is 4.98 Å². The molecule has 1 aromatic heterocycles. The van der Waals surface area contributed by atoms with Crippen molar-refractivity contribution in [1.82, 2.24) is 9.97 Å². The van der Waals surface area contributed by atoms with Gasteiger partial charge >= 0.3 is 0 Å². The number of nitrogens with one attached hydrogen (secondary N) is 1. The average Bonchev–Trinajstić information content (AvgIpc) is 2.60. The molecule has 0 aliphatic rings. The summed E-state index contributed by atoms with van der Waals surface area (Å²) >= 11 is 1.50. The van der Waals surface area contributed by atoms with Gasteiger partial charge in [-0.2, -0.15) is 0 Å². The predicted molar refractivity (Wildman–Crippen MR) is 102 cm³/mol. The highest BCUT2D eigenvalue weighted by atomic mass is 32.2. The van der Waals surface area contributed by atoms with Crippen LogP contribution in [0.2, 0.25) is 0 Å². The van der Waals surface area contributed by atoms with E-state index in [1.54, 1.807) is 0 Å². The molecule has 0 spiro atoms. The van der Waals surface area contributed by atoms with Gasteiger partial charge in [0.15, 0.2) is 5.16 Å². The molecular formula is C20H20N2OS. The van der Waals surface area contributed by atoms with Crippen LogP contribution in [0.4, 0.5) is 0 Å². The third kappa shape index (κ3) is 3.44. The molecule has 0 saturated heterocycles. The fourth-order valence-corrected chi connectivity index (χ4v) is 3.48. The van der Waals surface area contributed by atoms with Crippen LogP contribution in [0.5, 0.6) is 0 Å². The molecule has 1 heterocycles. The van der Waals surface area contributed by atoms with E-state index in [-0.39, 0.29) is 5.56 Å². The first-order chi connectivity index (χ1) is 11.7. The molecule has 3 rings (SSSR count). The lowest BCUT2D eigenvalue weighted by Gasteiger charge is -2.10. The van der Waals surface area contributed by atoms with E-state index in [0.717, 1.165) is 17.0 Å². The van der Waals surface area contributed by atoms with E-state index >= 15 is 0 Å². The maximum atomic E-state index is 12.4. The summed E-state index contributed by atoms with van der Waals surface area (Å²) in [5.74, 6) is 0.724. The molecule has 0 fully saturated rings. The van der Waals surface area contributed by atoms with E-state index in [0.29, 0.717) is 18.0 Å². The molecule has 2 aromatic carbocycles. The van der Waals surface area contributed by atoms with Crippen LogP contribution < -0.4 is 5.56 Å². The number of aromatic amines is 1. The molecule has 3 aromatic rings. The average molecular weight is 336 g/mol. The van der Waals surface area contributed by atoms with E-state index in [9.17, 15) is 4.79 Å². The second-order valence-corrected chi connectivity index (χ2v) is 6.57. The number of thioether (sulfide) groups is 1. The minimum absolute atomic E-state index is 0.0331. The van der Waals surface area contributed by atoms with Crippen LogP contribution in [0.25, 0.3) is 10.8 Å². The lowest BCUT2D eigenvalue weighted by Crippen LogP contribution is -2.18. The summed E-state index contributed by atoms with van der Waals surface area (Å²) in [6, 6.07) is 14.6. The second kappa shape index (κ2) is 7.49. The summed E-state index contributed by atoms with van der Waals surface area (Å²) in [4.78, 5) is 20.0. The molecule has 3 nitrogen and oxygen atoms in total. The first-order valence-corrected chi connectivity index (χ1v) is 9.04. The van der Waals surface area contributed by atoms with Gasteiger partial charge in [-0.25, -0.2) is 4.98 Å². The number of fused-ring (bicyclic) bond motifs is 1. The molecule has 0 bridgehead atoms. The normalized spacial score (nSPS) is 10.9. The first-order valence-electron chi connectivity index (χ1n) is 8.05. The fourth-order valence-electron chi connectivity index (χ4n) is 2.87. The van der Waals surface area contributed by atoms with Gasteiger partial charge in [0.1, 0.15) is 0 Å². The Hall–Kier alpha value is -2.33. The van der Waals surface area contributed by atoms with Crippen LogP contribution in [0.3, 0.4) is 0 Å². The highest BCUT2D eigenvalue weighted by Gasteiger charge is 2.12. The van der Waals surface area contributed by atoms with Crippen molar-refractivity contribution in [1.29, 1.82) is 0 Å². The minimum atomic E-state index is -0.0331. The van der Waals surface area contributed by atoms with Crippen LogP contribution in [0.1, 0.15) is 23.7 Å². The van der Waals surface area contributed by atoms with Crippen molar-refractivity contribution in [3.8, 4) is 0 Å². The monoisotopic (exact) mass is 336 g/mol. The van der Waals surface area contributed by atoms with Crippen molar-refractivity contribution in [3.05, 3.63) is 82.3 Å². The summed E-state index contributed by atoms with van der Waals surface area (Å²) in [5.41, 5.74) is 2.80. The third-order valence-corrected chi connectivity index (χ3v) is 4.88. The van der Waals surface area contributed by atoms with Gasteiger partial charge in [-0.1, -0.05) is 67.2 Å². The number of benzene rings is 2. The van der Waals surface area contributed by atoms with Crippen LogP contribution in [0, 0.1) is 0 Å². The molecule has 24 heavy (non-hydrogen) atoms. The second-order valence-electron chi connectivity index (χ2n) is 5.56. The highest BCUT2D eigenvalue weighted by Crippen LogP contribution is 2.22. The van der Waals surface area contributed by atoms with Gasteiger partial charge in [0.05, 0.1) is 5.69 Å². The number of hydrogen-bond donors (Lipinski definition) is 1. The van der Waals surface area contributed by atoms with Crippen LogP contribution >= 0.6 is 11.8 Å². The molecule has 0 radical (unpaired) electrons. The number of aromatic nitrogens is 2. The maximum absolute atomic E-state index is 12.4. The number of rotatable bonds is 6. The summed E-state index contributed by atoms with van der Waals surface area (Å²) in [5, 5.41) is 3.08. The van der Waals surface area contributed by atoms with Gasteiger partial charge in [-0.15, -0.1) is 6.58 Å². The lowest BCUT2D eigenvalue weighted by atomic mass is 9.99. The van der Waals surface area contributed by atoms with Crippen LogP contribution in [0.15, 0.2) is 65.1 Å². The van der Waals surface area contributed by atoms with Gasteiger partial charge in [-0.05, 0) is 22.8 Å². The minimum Gasteiger partial charge on any atom is -0.301 e. The third-order valence-electron chi connectivity index (χ3n) is 4.01. The molecule has 0 amide bonds. The highest BCUT2D eigenvalue weighted by molar-refractivity contribution is 7.99. The van der Waals surface area contributed by atoms with E-state index in [1.807, 2.05) is 25.1 Å². The first kappa shape index (κ1) is 16.5. The largest absolute Gasteiger partial charge is 0.301 e. The number of H-pyrrole nitrogens is 1. The van der Waals surface area contributed by atoms with Crippen molar-refractivity contribution in [2.24, 2.45) is 0 Å². The summed E-state index contributed by atoms with van der Waals surface area (Å²) in [7, 11) is 0. The smallest absolute Gasteiger partial charge is 0.254 e. The van der Waals surface area contributed by atoms with Crippen molar-refractivity contribution in [2.45, 2.75) is 24.9 Å². The fraction of sp³-hybridized carbons (Fsp3) is 0.200. The van der Waals surface area contributed by atoms with Gasteiger partial charge in [-0.3, -0.25) is 4.79 Å². The van der Waals surface area contributed by atoms with Gasteiger partial charge in [0, 0.05) is 17.7 Å². The Kier molecular flexibility index (Phi) is 5.16. The molecule has 122 valence electrons. The Morgan fingerprint density at radius 3 is 2.79 bits per heavy atom. The molecule has 1 N–H and O–H groups in total. The maximum Gasteiger partial charge on any atom is 0.254 e. The van der Waals surface area contributed by atoms with Crippen molar-refractivity contribution >= 4 is 22.5 Å². The Balaban J connectivity index is 2.05. The molecular weight excluding hydrogens is 316 g/mol. The molecule has 0 unspecified atom stereocenters. The molecule has 0 aliphatic heterocycles. The zero-order valence-corrected chi connectivity index (χ0v) is 14.5. The molecule has 4 heteroatoms. The Bertz CT molecular complexity index is 925. The molecule has 0 aliphatic carbocycles. The number of hydrogen-bond acceptors (Lipinski definition) is 3. The van der Waals surface area contributed by atoms with E-state index < -0.39 is 0 Å². The summed E-state index contributed by atoms with van der Waals surface area (Å²) < 4.78 is 0. The quantitative estimate of drug-likeness (QED) is 0.413. The molecule has 0 saturated carbocycles. The Labute approximate surface area is 145 Å². The number of nitrogens with zero attached hydrogens (tertiary/aromatic N) is 1. The van der Waals surface area contributed by atoms with Gasteiger partial charge in [0.2, 0.25) is 0 Å². The van der Waals surface area contributed by atoms with E-state index in [4.69, 9.17) is 4.98 Å². The van der Waals surface area contributed by atoms with Crippen molar-refractivity contribution in [2.75, 3.05) is 5.75 Å². The SMILES string of the molecule is C=CCSc1nc(Cc2cccc3ccccc23)c(CC)c(=O)[nH]1. The summed E-state index contributed by atoms with van der Waals surface area (Å²) in [6.07, 6.45) is 3.15. The standard InChI is InChI=1S/C20H20N2OS/c1-3-12-24-20-21-18(16(4-2)19(23)22-20)13-15-10-7-9-14-8-5-6-11-17(14)15/h3,5-11H,1,4,12-13H2,2H3,(H,21,22,23). The van der Waals surface area contributed by atoms with E-state index in [1.165, 1.54) is 28.1 Å². The molecule has 0 atom stereocenters. The Morgan fingerprint density at radius 2 is 2.00 bits per heavy atom. The topological polar surface area (TPSA) is 45.8 Å². The van der Waals surface area contributed by atoms with Crippen LogP contribution in [-0.4, -0.2) is 15.7 Å². The zero-order valence-electron chi connectivity index (χ0n) is 13.7. The zero-order chi connectivity index (χ0) is 16.9. The van der Waals surface area contributed by atoms with Crippen molar-refractivity contribution < 1.29 is 0 Å². The van der Waals surface area contributed by atoms with Crippen LogP contribution in [-0.2, 0) is 12.8 Å². The van der Waals surface area contributed by atoms with E-state index in [2.05, 4.69) is 41.9 Å². The Morgan fingerprint density at radius 1 is 1.21 bits per heavy atom. The summed E-state index contributed by atoms with van der Waals surface area (Å²) in [6.45, 7) is 5.71.